The Morgan fingerprint density at radius 1 is 1.03 bits per heavy atom. The van der Waals surface area contributed by atoms with E-state index in [1.54, 1.807) is 42.5 Å². The molecule has 162 valence electrons. The highest BCUT2D eigenvalue weighted by Crippen LogP contribution is 2.28. The standard InChI is InChI=1S/C25H19Cl3N2O2/c1-2-16-5-3-4-6-23(16)30-25(31)19(14-29)11-18-12-20(26)9-10-24(18)32-15-17-7-8-21(27)13-22(17)28/h3-13H,2,15H2,1H3,(H,30,31)/b19-11+. The van der Waals surface area contributed by atoms with Crippen LogP contribution in [0.3, 0.4) is 0 Å². The highest BCUT2D eigenvalue weighted by atomic mass is 35.5. The fourth-order valence-electron chi connectivity index (χ4n) is 3.00. The minimum Gasteiger partial charge on any atom is -0.488 e. The van der Waals surface area contributed by atoms with Crippen LogP contribution in [-0.2, 0) is 17.8 Å². The summed E-state index contributed by atoms with van der Waals surface area (Å²) in [6.45, 7) is 2.17. The molecule has 0 saturated carbocycles. The molecule has 0 aromatic heterocycles. The van der Waals surface area contributed by atoms with Crippen LogP contribution in [0.1, 0.15) is 23.6 Å². The Labute approximate surface area is 202 Å². The van der Waals surface area contributed by atoms with Crippen molar-refractivity contribution < 1.29 is 9.53 Å². The molecule has 0 bridgehead atoms. The van der Waals surface area contributed by atoms with Crippen molar-refractivity contribution in [1.29, 1.82) is 5.26 Å². The zero-order valence-corrected chi connectivity index (χ0v) is 19.4. The molecular weight excluding hydrogens is 467 g/mol. The van der Waals surface area contributed by atoms with E-state index in [4.69, 9.17) is 39.5 Å². The van der Waals surface area contributed by atoms with Crippen LogP contribution in [0, 0.1) is 11.3 Å². The maximum absolute atomic E-state index is 12.8. The number of carbonyl (C=O) groups is 1. The number of halogens is 3. The molecule has 0 fully saturated rings. The van der Waals surface area contributed by atoms with E-state index in [0.29, 0.717) is 32.1 Å². The van der Waals surface area contributed by atoms with Crippen molar-refractivity contribution in [2.75, 3.05) is 5.32 Å². The molecule has 32 heavy (non-hydrogen) atoms. The van der Waals surface area contributed by atoms with Crippen molar-refractivity contribution in [2.24, 2.45) is 0 Å². The molecule has 0 atom stereocenters. The van der Waals surface area contributed by atoms with Crippen molar-refractivity contribution in [1.82, 2.24) is 0 Å². The number of hydrogen-bond donors (Lipinski definition) is 1. The molecule has 3 aromatic carbocycles. The second kappa shape index (κ2) is 11.1. The van der Waals surface area contributed by atoms with Crippen molar-refractivity contribution in [3.8, 4) is 11.8 Å². The maximum Gasteiger partial charge on any atom is 0.266 e. The molecule has 0 saturated heterocycles. The van der Waals surface area contributed by atoms with Gasteiger partial charge in [0.05, 0.1) is 0 Å². The Bertz CT molecular complexity index is 1220. The molecule has 0 heterocycles. The zero-order chi connectivity index (χ0) is 23.1. The van der Waals surface area contributed by atoms with Gasteiger partial charge in [0.25, 0.3) is 5.91 Å². The number of amides is 1. The predicted octanol–water partition coefficient (Wildman–Crippen LogP) is 7.33. The molecule has 1 N–H and O–H groups in total. The van der Waals surface area contributed by atoms with E-state index in [9.17, 15) is 10.1 Å². The number of ether oxygens (including phenoxy) is 1. The summed E-state index contributed by atoms with van der Waals surface area (Å²) in [6, 6.07) is 19.5. The average molecular weight is 486 g/mol. The Hall–Kier alpha value is -2.97. The molecule has 0 aliphatic rings. The third-order valence-electron chi connectivity index (χ3n) is 4.68. The van der Waals surface area contributed by atoms with E-state index in [1.165, 1.54) is 6.08 Å². The summed E-state index contributed by atoms with van der Waals surface area (Å²) in [5, 5.41) is 13.9. The zero-order valence-electron chi connectivity index (χ0n) is 17.2. The summed E-state index contributed by atoms with van der Waals surface area (Å²) in [5.41, 5.74) is 2.81. The predicted molar refractivity (Wildman–Crippen MR) is 130 cm³/mol. The van der Waals surface area contributed by atoms with Gasteiger partial charge in [-0.2, -0.15) is 5.26 Å². The summed E-state index contributed by atoms with van der Waals surface area (Å²) in [5.74, 6) is -0.0602. The number of hydrogen-bond acceptors (Lipinski definition) is 3. The molecular formula is C25H19Cl3N2O2. The molecule has 0 radical (unpaired) electrons. The van der Waals surface area contributed by atoms with E-state index >= 15 is 0 Å². The van der Waals surface area contributed by atoms with Gasteiger partial charge in [-0.3, -0.25) is 4.79 Å². The van der Waals surface area contributed by atoms with Gasteiger partial charge in [-0.1, -0.05) is 66.0 Å². The molecule has 3 aromatic rings. The Morgan fingerprint density at radius 2 is 1.75 bits per heavy atom. The number of rotatable bonds is 7. The first-order valence-electron chi connectivity index (χ1n) is 9.78. The average Bonchev–Trinajstić information content (AvgIpc) is 2.78. The maximum atomic E-state index is 12.8. The van der Waals surface area contributed by atoms with Crippen molar-refractivity contribution in [3.63, 3.8) is 0 Å². The highest BCUT2D eigenvalue weighted by molar-refractivity contribution is 6.35. The topological polar surface area (TPSA) is 62.1 Å². The van der Waals surface area contributed by atoms with Gasteiger partial charge in [0.1, 0.15) is 24.0 Å². The lowest BCUT2D eigenvalue weighted by Gasteiger charge is -2.12. The molecule has 0 aliphatic carbocycles. The first kappa shape index (κ1) is 23.7. The monoisotopic (exact) mass is 484 g/mol. The van der Waals surface area contributed by atoms with E-state index < -0.39 is 5.91 Å². The van der Waals surface area contributed by atoms with Gasteiger partial charge in [-0.05, 0) is 54.5 Å². The lowest BCUT2D eigenvalue weighted by molar-refractivity contribution is -0.112. The van der Waals surface area contributed by atoms with E-state index in [0.717, 1.165) is 17.5 Å². The van der Waals surface area contributed by atoms with E-state index in [2.05, 4.69) is 5.32 Å². The summed E-state index contributed by atoms with van der Waals surface area (Å²) >= 11 is 18.3. The van der Waals surface area contributed by atoms with Crippen LogP contribution in [0.25, 0.3) is 6.08 Å². The van der Waals surface area contributed by atoms with Gasteiger partial charge in [0, 0.05) is 31.9 Å². The summed E-state index contributed by atoms with van der Waals surface area (Å²) < 4.78 is 5.91. The van der Waals surface area contributed by atoms with Gasteiger partial charge >= 0.3 is 0 Å². The van der Waals surface area contributed by atoms with Crippen LogP contribution >= 0.6 is 34.8 Å². The smallest absolute Gasteiger partial charge is 0.266 e. The van der Waals surface area contributed by atoms with E-state index in [-0.39, 0.29) is 12.2 Å². The highest BCUT2D eigenvalue weighted by Gasteiger charge is 2.14. The molecule has 0 spiro atoms. The Kier molecular flexibility index (Phi) is 8.19. The van der Waals surface area contributed by atoms with Crippen molar-refractivity contribution in [3.05, 3.63) is 98.0 Å². The summed E-state index contributed by atoms with van der Waals surface area (Å²) in [6.07, 6.45) is 2.20. The summed E-state index contributed by atoms with van der Waals surface area (Å²) in [7, 11) is 0. The van der Waals surface area contributed by atoms with Crippen LogP contribution in [0.4, 0.5) is 5.69 Å². The van der Waals surface area contributed by atoms with E-state index in [1.807, 2.05) is 31.2 Å². The van der Waals surface area contributed by atoms with Crippen molar-refractivity contribution in [2.45, 2.75) is 20.0 Å². The third-order valence-corrected chi connectivity index (χ3v) is 5.50. The minimum absolute atomic E-state index is 0.0763. The molecule has 0 aliphatic heterocycles. The second-order valence-corrected chi connectivity index (χ2v) is 8.12. The number of benzene rings is 3. The molecule has 7 heteroatoms. The van der Waals surface area contributed by atoms with Gasteiger partial charge in [-0.25, -0.2) is 0 Å². The third kappa shape index (κ3) is 6.05. The second-order valence-electron chi connectivity index (χ2n) is 6.84. The Morgan fingerprint density at radius 3 is 2.47 bits per heavy atom. The summed E-state index contributed by atoms with van der Waals surface area (Å²) in [4.78, 5) is 12.8. The van der Waals surface area contributed by atoms with Gasteiger partial charge in [0.15, 0.2) is 0 Å². The van der Waals surface area contributed by atoms with Gasteiger partial charge < -0.3 is 10.1 Å². The first-order chi connectivity index (χ1) is 15.4. The van der Waals surface area contributed by atoms with Crippen LogP contribution in [-0.4, -0.2) is 5.91 Å². The normalized spacial score (nSPS) is 11.0. The molecule has 0 unspecified atom stereocenters. The number of para-hydroxylation sites is 1. The largest absolute Gasteiger partial charge is 0.488 e. The van der Waals surface area contributed by atoms with Gasteiger partial charge in [0.2, 0.25) is 0 Å². The molecule has 4 nitrogen and oxygen atoms in total. The van der Waals surface area contributed by atoms with Gasteiger partial charge in [-0.15, -0.1) is 0 Å². The Balaban J connectivity index is 1.86. The molecule has 3 rings (SSSR count). The number of nitrogens with zero attached hydrogens (tertiary/aromatic N) is 1. The number of aryl methyl sites for hydroxylation is 1. The van der Waals surface area contributed by atoms with Crippen LogP contribution < -0.4 is 10.1 Å². The quantitative estimate of drug-likeness (QED) is 0.281. The molecule has 1 amide bonds. The number of nitriles is 1. The first-order valence-corrected chi connectivity index (χ1v) is 10.9. The van der Waals surface area contributed by atoms with Crippen molar-refractivity contribution >= 4 is 52.5 Å². The number of nitrogens with one attached hydrogen (secondary N) is 1. The lowest BCUT2D eigenvalue weighted by atomic mass is 10.1. The fraction of sp³-hybridized carbons (Fsp3) is 0.120. The number of carbonyl (C=O) groups excluding carboxylic acids is 1. The van der Waals surface area contributed by atoms with Crippen LogP contribution in [0.5, 0.6) is 5.75 Å². The van der Waals surface area contributed by atoms with Crippen LogP contribution in [0.15, 0.2) is 66.2 Å². The number of anilines is 1. The van der Waals surface area contributed by atoms with Crippen LogP contribution in [0.2, 0.25) is 15.1 Å². The fourth-order valence-corrected chi connectivity index (χ4v) is 3.65. The minimum atomic E-state index is -0.514. The SMILES string of the molecule is CCc1ccccc1NC(=O)/C(C#N)=C/c1cc(Cl)ccc1OCc1ccc(Cl)cc1Cl. The lowest BCUT2D eigenvalue weighted by Crippen LogP contribution is -2.14.